The summed E-state index contributed by atoms with van der Waals surface area (Å²) in [6.45, 7) is 1.88. The molecule has 1 aliphatic rings. The van der Waals surface area contributed by atoms with Crippen LogP contribution < -0.4 is 19.5 Å². The fourth-order valence-corrected chi connectivity index (χ4v) is 2.94. The second kappa shape index (κ2) is 7.95. The summed E-state index contributed by atoms with van der Waals surface area (Å²) >= 11 is 0. The third-order valence-electron chi connectivity index (χ3n) is 4.52. The molecule has 1 N–H and O–H groups in total. The third-order valence-corrected chi connectivity index (χ3v) is 4.52. The molecular formula is C23H18N2O4. The number of benzene rings is 3. The van der Waals surface area contributed by atoms with E-state index in [4.69, 9.17) is 19.5 Å². The lowest BCUT2D eigenvalue weighted by molar-refractivity contribution is -0.122. The van der Waals surface area contributed by atoms with Crippen LogP contribution in [-0.4, -0.2) is 18.8 Å². The molecule has 1 atom stereocenters. The number of rotatable bonds is 5. The van der Waals surface area contributed by atoms with Crippen molar-refractivity contribution in [3.63, 3.8) is 0 Å². The first kappa shape index (κ1) is 18.4. The standard InChI is InChI=1S/C23H18N2O4/c1-15(23(26)25-19-8-11-21-22(12-19)28-14-27-21)29-20-9-6-18(7-10-20)17-4-2-16(13-24)3-5-17/h2-12,15H,14H2,1H3,(H,25,26)/t15-/m1/s1. The van der Waals surface area contributed by atoms with Gasteiger partial charge in [-0.25, -0.2) is 0 Å². The molecule has 1 aliphatic heterocycles. The topological polar surface area (TPSA) is 80.6 Å². The molecule has 6 nitrogen and oxygen atoms in total. The highest BCUT2D eigenvalue weighted by molar-refractivity contribution is 5.94. The van der Waals surface area contributed by atoms with Crippen LogP contribution in [0.1, 0.15) is 12.5 Å². The van der Waals surface area contributed by atoms with Crippen molar-refractivity contribution in [3.8, 4) is 34.4 Å². The number of anilines is 1. The molecule has 0 bridgehead atoms. The van der Waals surface area contributed by atoms with Crippen LogP contribution in [-0.2, 0) is 4.79 Å². The average molecular weight is 386 g/mol. The number of amides is 1. The Labute approximate surface area is 168 Å². The maximum Gasteiger partial charge on any atom is 0.265 e. The summed E-state index contributed by atoms with van der Waals surface area (Å²) in [5.74, 6) is 1.60. The van der Waals surface area contributed by atoms with Gasteiger partial charge in [-0.05, 0) is 54.4 Å². The molecule has 1 heterocycles. The van der Waals surface area contributed by atoms with Crippen molar-refractivity contribution in [2.45, 2.75) is 13.0 Å². The van der Waals surface area contributed by atoms with Gasteiger partial charge in [0.05, 0.1) is 11.6 Å². The summed E-state index contributed by atoms with van der Waals surface area (Å²) in [4.78, 5) is 12.4. The zero-order chi connectivity index (χ0) is 20.2. The van der Waals surface area contributed by atoms with Gasteiger partial charge in [-0.2, -0.15) is 5.26 Å². The summed E-state index contributed by atoms with van der Waals surface area (Å²) < 4.78 is 16.3. The second-order valence-corrected chi connectivity index (χ2v) is 6.53. The molecule has 144 valence electrons. The molecule has 0 fully saturated rings. The fourth-order valence-electron chi connectivity index (χ4n) is 2.94. The molecule has 0 aliphatic carbocycles. The van der Waals surface area contributed by atoms with Crippen molar-refractivity contribution < 1.29 is 19.0 Å². The van der Waals surface area contributed by atoms with Gasteiger partial charge in [0.2, 0.25) is 6.79 Å². The Morgan fingerprint density at radius 3 is 2.34 bits per heavy atom. The van der Waals surface area contributed by atoms with E-state index in [9.17, 15) is 4.79 Å². The molecule has 0 saturated heterocycles. The molecule has 1 amide bonds. The predicted molar refractivity (Wildman–Crippen MR) is 108 cm³/mol. The van der Waals surface area contributed by atoms with Crippen LogP contribution in [0.4, 0.5) is 5.69 Å². The zero-order valence-electron chi connectivity index (χ0n) is 15.7. The normalized spacial score (nSPS) is 12.7. The van der Waals surface area contributed by atoms with Crippen LogP contribution in [0.15, 0.2) is 66.7 Å². The van der Waals surface area contributed by atoms with E-state index < -0.39 is 6.10 Å². The summed E-state index contributed by atoms with van der Waals surface area (Å²) in [5.41, 5.74) is 3.24. The molecule has 0 saturated carbocycles. The lowest BCUT2D eigenvalue weighted by atomic mass is 10.0. The van der Waals surface area contributed by atoms with Crippen molar-refractivity contribution in [1.82, 2.24) is 0 Å². The van der Waals surface area contributed by atoms with Gasteiger partial charge in [0.15, 0.2) is 17.6 Å². The van der Waals surface area contributed by atoms with E-state index in [0.717, 1.165) is 11.1 Å². The van der Waals surface area contributed by atoms with Crippen molar-refractivity contribution in [2.24, 2.45) is 0 Å². The van der Waals surface area contributed by atoms with E-state index in [0.29, 0.717) is 28.5 Å². The number of carbonyl (C=O) groups excluding carboxylic acids is 1. The van der Waals surface area contributed by atoms with Gasteiger partial charge in [0.1, 0.15) is 5.75 Å². The van der Waals surface area contributed by atoms with E-state index in [1.807, 2.05) is 36.4 Å². The highest BCUT2D eigenvalue weighted by atomic mass is 16.7. The number of ether oxygens (including phenoxy) is 3. The van der Waals surface area contributed by atoms with E-state index in [-0.39, 0.29) is 12.7 Å². The first-order chi connectivity index (χ1) is 14.1. The van der Waals surface area contributed by atoms with Crippen LogP contribution in [0.25, 0.3) is 11.1 Å². The molecule has 0 spiro atoms. The molecule has 3 aromatic carbocycles. The Kier molecular flexibility index (Phi) is 5.04. The van der Waals surface area contributed by atoms with Gasteiger partial charge in [0, 0.05) is 11.8 Å². The van der Waals surface area contributed by atoms with Gasteiger partial charge in [0.25, 0.3) is 5.91 Å². The minimum absolute atomic E-state index is 0.185. The Morgan fingerprint density at radius 2 is 1.66 bits per heavy atom. The van der Waals surface area contributed by atoms with Crippen LogP contribution in [0.5, 0.6) is 17.2 Å². The molecule has 0 unspecified atom stereocenters. The maximum atomic E-state index is 12.4. The van der Waals surface area contributed by atoms with Crippen LogP contribution in [0, 0.1) is 11.3 Å². The average Bonchev–Trinajstić information content (AvgIpc) is 3.22. The number of hydrogen-bond donors (Lipinski definition) is 1. The van der Waals surface area contributed by atoms with Gasteiger partial charge in [-0.3, -0.25) is 4.79 Å². The van der Waals surface area contributed by atoms with Gasteiger partial charge < -0.3 is 19.5 Å². The highest BCUT2D eigenvalue weighted by Gasteiger charge is 2.18. The summed E-state index contributed by atoms with van der Waals surface area (Å²) in [6, 6.07) is 22.2. The molecule has 0 radical (unpaired) electrons. The maximum absolute atomic E-state index is 12.4. The zero-order valence-corrected chi connectivity index (χ0v) is 15.7. The van der Waals surface area contributed by atoms with Gasteiger partial charge in [-0.1, -0.05) is 24.3 Å². The monoisotopic (exact) mass is 386 g/mol. The number of nitriles is 1. The number of hydrogen-bond acceptors (Lipinski definition) is 5. The van der Waals surface area contributed by atoms with Crippen LogP contribution in [0.2, 0.25) is 0 Å². The van der Waals surface area contributed by atoms with E-state index in [2.05, 4.69) is 11.4 Å². The fraction of sp³-hybridized carbons (Fsp3) is 0.130. The van der Waals surface area contributed by atoms with E-state index in [1.165, 1.54) is 0 Å². The molecular weight excluding hydrogens is 368 g/mol. The number of carbonyl (C=O) groups is 1. The van der Waals surface area contributed by atoms with E-state index >= 15 is 0 Å². The van der Waals surface area contributed by atoms with Gasteiger partial charge in [-0.15, -0.1) is 0 Å². The van der Waals surface area contributed by atoms with Crippen molar-refractivity contribution in [2.75, 3.05) is 12.1 Å². The quantitative estimate of drug-likeness (QED) is 0.705. The van der Waals surface area contributed by atoms with Crippen molar-refractivity contribution in [1.29, 1.82) is 5.26 Å². The summed E-state index contributed by atoms with van der Waals surface area (Å²) in [6.07, 6.45) is -0.679. The Hall–Kier alpha value is -3.98. The highest BCUT2D eigenvalue weighted by Crippen LogP contribution is 2.34. The van der Waals surface area contributed by atoms with Crippen LogP contribution >= 0.6 is 0 Å². The number of nitrogens with one attached hydrogen (secondary N) is 1. The molecule has 4 rings (SSSR count). The first-order valence-corrected chi connectivity index (χ1v) is 9.10. The Morgan fingerprint density at radius 1 is 1.00 bits per heavy atom. The van der Waals surface area contributed by atoms with Crippen molar-refractivity contribution >= 4 is 11.6 Å². The number of fused-ring (bicyclic) bond motifs is 1. The molecule has 6 heteroatoms. The second-order valence-electron chi connectivity index (χ2n) is 6.53. The predicted octanol–water partition coefficient (Wildman–Crippen LogP) is 4.36. The summed E-state index contributed by atoms with van der Waals surface area (Å²) in [5, 5.41) is 11.7. The first-order valence-electron chi connectivity index (χ1n) is 9.10. The minimum atomic E-state index is -0.679. The smallest absolute Gasteiger partial charge is 0.265 e. The van der Waals surface area contributed by atoms with Gasteiger partial charge >= 0.3 is 0 Å². The minimum Gasteiger partial charge on any atom is -0.481 e. The number of nitrogens with zero attached hydrogens (tertiary/aromatic N) is 1. The van der Waals surface area contributed by atoms with Crippen LogP contribution in [0.3, 0.4) is 0 Å². The summed E-state index contributed by atoms with van der Waals surface area (Å²) in [7, 11) is 0. The SMILES string of the molecule is C[C@@H](Oc1ccc(-c2ccc(C#N)cc2)cc1)C(=O)Nc1ccc2c(c1)OCO2. The lowest BCUT2D eigenvalue weighted by Gasteiger charge is -2.15. The molecule has 0 aromatic heterocycles. The largest absolute Gasteiger partial charge is 0.481 e. The molecule has 3 aromatic rings. The lowest BCUT2D eigenvalue weighted by Crippen LogP contribution is -2.30. The molecule has 29 heavy (non-hydrogen) atoms. The Balaban J connectivity index is 1.38. The third kappa shape index (κ3) is 4.14. The van der Waals surface area contributed by atoms with E-state index in [1.54, 1.807) is 37.3 Å². The Bertz CT molecular complexity index is 1070. The van der Waals surface area contributed by atoms with Crippen molar-refractivity contribution in [3.05, 3.63) is 72.3 Å².